The number of ether oxygens (including phenoxy) is 1. The molecular weight excluding hydrogens is 547 g/mol. The van der Waals surface area contributed by atoms with Gasteiger partial charge in [0.05, 0.1) is 17.2 Å². The summed E-state index contributed by atoms with van der Waals surface area (Å²) < 4.78 is 88.1. The Morgan fingerprint density at radius 2 is 1.85 bits per heavy atom. The molecule has 0 aromatic carbocycles. The van der Waals surface area contributed by atoms with E-state index in [1.807, 2.05) is 0 Å². The van der Waals surface area contributed by atoms with E-state index in [2.05, 4.69) is 27.1 Å². The zero-order chi connectivity index (χ0) is 29.3. The lowest BCUT2D eigenvalue weighted by atomic mass is 9.83. The van der Waals surface area contributed by atoms with Crippen LogP contribution in [0.2, 0.25) is 0 Å². The molecule has 0 saturated heterocycles. The maximum absolute atomic E-state index is 13.2. The Bertz CT molecular complexity index is 1140. The fraction of sp³-hybridized carbons (Fsp3) is 0.640. The molecule has 1 unspecified atom stereocenters. The molecule has 14 heteroatoms. The minimum Gasteiger partial charge on any atom is -0.434 e. The van der Waals surface area contributed by atoms with E-state index in [4.69, 9.17) is 8.42 Å². The van der Waals surface area contributed by atoms with Crippen molar-refractivity contribution < 1.29 is 39.9 Å². The van der Waals surface area contributed by atoms with Crippen LogP contribution in [-0.2, 0) is 24.5 Å². The Morgan fingerprint density at radius 3 is 2.38 bits per heavy atom. The summed E-state index contributed by atoms with van der Waals surface area (Å²) in [7, 11) is 0. The van der Waals surface area contributed by atoms with E-state index in [1.165, 1.54) is 10.9 Å². The standard InChI is InChI=1S/C25H33F5N4O2.O2S/c1-5-34-22(16(4)21(33-34)23(35)32-12-17-8-6-14(2)7-9-17)19-13-31-18(10-15(3)25(28,29)30)11-20(19)36-24(26)27;1-3-2/h11,13-15,17,24H,5-10,12H2,1-4H3,(H,32,35);. The smallest absolute Gasteiger partial charge is 0.391 e. The number of halogens is 5. The highest BCUT2D eigenvalue weighted by molar-refractivity contribution is 7.51. The van der Waals surface area contributed by atoms with E-state index in [9.17, 15) is 26.7 Å². The number of alkyl halides is 5. The normalized spacial score (nSPS) is 18.2. The second-order valence-corrected chi connectivity index (χ2v) is 9.88. The predicted molar refractivity (Wildman–Crippen MR) is 134 cm³/mol. The monoisotopic (exact) mass is 580 g/mol. The van der Waals surface area contributed by atoms with Crippen molar-refractivity contribution >= 4 is 17.5 Å². The van der Waals surface area contributed by atoms with Crippen LogP contribution in [-0.4, -0.2) is 48.4 Å². The van der Waals surface area contributed by atoms with Crippen molar-refractivity contribution in [2.75, 3.05) is 6.54 Å². The Hall–Kier alpha value is -2.90. The van der Waals surface area contributed by atoms with Crippen LogP contribution >= 0.6 is 0 Å². The first kappa shape index (κ1) is 32.3. The Balaban J connectivity index is 0.00000170. The van der Waals surface area contributed by atoms with E-state index in [1.54, 1.807) is 13.8 Å². The molecule has 218 valence electrons. The molecule has 2 aromatic rings. The van der Waals surface area contributed by atoms with E-state index >= 15 is 0 Å². The number of pyridine rings is 1. The number of nitrogens with one attached hydrogen (secondary N) is 1. The molecule has 2 heterocycles. The third-order valence-electron chi connectivity index (χ3n) is 6.86. The van der Waals surface area contributed by atoms with Gasteiger partial charge in [0, 0.05) is 43.0 Å². The molecule has 1 aliphatic rings. The highest BCUT2D eigenvalue weighted by Gasteiger charge is 2.36. The summed E-state index contributed by atoms with van der Waals surface area (Å²) in [6.07, 6.45) is 0.639. The van der Waals surface area contributed by atoms with Gasteiger partial charge in [-0.1, -0.05) is 26.7 Å². The zero-order valence-electron chi connectivity index (χ0n) is 22.2. The fourth-order valence-electron chi connectivity index (χ4n) is 4.58. The number of nitrogens with zero attached hydrogens (tertiary/aromatic N) is 3. The van der Waals surface area contributed by atoms with Gasteiger partial charge in [-0.05, 0) is 38.5 Å². The van der Waals surface area contributed by atoms with Gasteiger partial charge < -0.3 is 10.1 Å². The molecule has 39 heavy (non-hydrogen) atoms. The lowest BCUT2D eigenvalue weighted by molar-refractivity contribution is -0.169. The van der Waals surface area contributed by atoms with Gasteiger partial charge in [0.15, 0.2) is 5.69 Å². The summed E-state index contributed by atoms with van der Waals surface area (Å²) in [5, 5.41) is 7.33. The quantitative estimate of drug-likeness (QED) is 0.393. The van der Waals surface area contributed by atoms with Crippen LogP contribution in [0.1, 0.15) is 68.2 Å². The fourth-order valence-corrected chi connectivity index (χ4v) is 4.58. The number of hydrogen-bond donors (Lipinski definition) is 1. The molecule has 8 nitrogen and oxygen atoms in total. The SMILES string of the molecule is CCn1nc(C(=O)NCC2CCC(C)CC2)c(C)c1-c1cnc(CC(C)C(F)(F)F)cc1OC(F)F.O=S=O. The van der Waals surface area contributed by atoms with Crippen molar-refractivity contribution in [1.29, 1.82) is 0 Å². The summed E-state index contributed by atoms with van der Waals surface area (Å²) in [4.78, 5) is 17.0. The number of carbonyl (C=O) groups is 1. The number of rotatable bonds is 9. The second kappa shape index (κ2) is 14.5. The van der Waals surface area contributed by atoms with Crippen LogP contribution in [0.5, 0.6) is 5.75 Å². The van der Waals surface area contributed by atoms with Crippen molar-refractivity contribution in [3.63, 3.8) is 0 Å². The van der Waals surface area contributed by atoms with Crippen LogP contribution < -0.4 is 10.1 Å². The number of aromatic nitrogens is 3. The lowest BCUT2D eigenvalue weighted by Crippen LogP contribution is -2.31. The van der Waals surface area contributed by atoms with Crippen LogP contribution in [0.15, 0.2) is 12.3 Å². The Kier molecular flexibility index (Phi) is 12.0. The van der Waals surface area contributed by atoms with E-state index in [-0.39, 0.29) is 28.6 Å². The molecule has 2 aromatic heterocycles. The van der Waals surface area contributed by atoms with Gasteiger partial charge in [-0.2, -0.15) is 35.5 Å². The summed E-state index contributed by atoms with van der Waals surface area (Å²) in [5.41, 5.74) is 1.07. The number of aryl methyl sites for hydroxylation is 1. The summed E-state index contributed by atoms with van der Waals surface area (Å²) in [6, 6.07) is 1.10. The molecule has 0 bridgehead atoms. The van der Waals surface area contributed by atoms with Crippen molar-refractivity contribution in [1.82, 2.24) is 20.1 Å². The van der Waals surface area contributed by atoms with Gasteiger partial charge in [0.2, 0.25) is 0 Å². The number of carbonyl (C=O) groups excluding carboxylic acids is 1. The predicted octanol–water partition coefficient (Wildman–Crippen LogP) is 5.50. The molecular formula is C25H33F5N4O4S. The second-order valence-electron chi connectivity index (χ2n) is 9.74. The number of hydrogen-bond acceptors (Lipinski definition) is 6. The molecule has 1 aliphatic carbocycles. The van der Waals surface area contributed by atoms with Gasteiger partial charge in [-0.3, -0.25) is 14.5 Å². The third kappa shape index (κ3) is 9.07. The molecule has 1 N–H and O–H groups in total. The van der Waals surface area contributed by atoms with Crippen LogP contribution in [0.3, 0.4) is 0 Å². The first-order valence-electron chi connectivity index (χ1n) is 12.6. The highest BCUT2D eigenvalue weighted by Crippen LogP contribution is 2.36. The first-order valence-corrected chi connectivity index (χ1v) is 13.3. The van der Waals surface area contributed by atoms with Crippen molar-refractivity contribution in [3.8, 4) is 17.0 Å². The topological polar surface area (TPSA) is 103 Å². The minimum atomic E-state index is -4.44. The van der Waals surface area contributed by atoms with Gasteiger partial charge >= 0.3 is 24.4 Å². The van der Waals surface area contributed by atoms with Crippen molar-refractivity contribution in [2.45, 2.75) is 79.1 Å². The molecule has 1 fully saturated rings. The molecule has 0 radical (unpaired) electrons. The first-order chi connectivity index (χ1) is 18.3. The molecule has 1 saturated carbocycles. The molecule has 1 atom stereocenters. The van der Waals surface area contributed by atoms with Crippen molar-refractivity contribution in [3.05, 3.63) is 29.2 Å². The van der Waals surface area contributed by atoms with Gasteiger partial charge in [-0.25, -0.2) is 0 Å². The van der Waals surface area contributed by atoms with Gasteiger partial charge in [0.1, 0.15) is 5.75 Å². The van der Waals surface area contributed by atoms with E-state index in [0.717, 1.165) is 38.7 Å². The maximum atomic E-state index is 13.2. The van der Waals surface area contributed by atoms with Crippen molar-refractivity contribution in [2.24, 2.45) is 17.8 Å². The van der Waals surface area contributed by atoms with Gasteiger partial charge in [0.25, 0.3) is 5.91 Å². The van der Waals surface area contributed by atoms with E-state index in [0.29, 0.717) is 36.2 Å². The Morgan fingerprint density at radius 1 is 1.23 bits per heavy atom. The lowest BCUT2D eigenvalue weighted by Gasteiger charge is -2.26. The highest BCUT2D eigenvalue weighted by atomic mass is 32.1. The third-order valence-corrected chi connectivity index (χ3v) is 6.86. The average Bonchev–Trinajstić information content (AvgIpc) is 3.19. The van der Waals surface area contributed by atoms with Gasteiger partial charge in [-0.15, -0.1) is 0 Å². The molecule has 0 spiro atoms. The Labute approximate surface area is 227 Å². The average molecular weight is 581 g/mol. The molecule has 3 rings (SSSR count). The zero-order valence-corrected chi connectivity index (χ0v) is 23.0. The summed E-state index contributed by atoms with van der Waals surface area (Å²) in [5.74, 6) is -1.28. The summed E-state index contributed by atoms with van der Waals surface area (Å²) >= 11 is -0.750. The molecule has 0 aliphatic heterocycles. The summed E-state index contributed by atoms with van der Waals surface area (Å²) in [6.45, 7) is 4.31. The minimum absolute atomic E-state index is 0.0285. The number of amides is 1. The maximum Gasteiger partial charge on any atom is 0.391 e. The van der Waals surface area contributed by atoms with Crippen LogP contribution in [0, 0.1) is 24.7 Å². The molecule has 1 amide bonds. The van der Waals surface area contributed by atoms with Crippen LogP contribution in [0.4, 0.5) is 22.0 Å². The van der Waals surface area contributed by atoms with E-state index < -0.39 is 36.7 Å². The van der Waals surface area contributed by atoms with Crippen LogP contribution in [0.25, 0.3) is 11.3 Å². The largest absolute Gasteiger partial charge is 0.434 e.